The van der Waals surface area contributed by atoms with Crippen LogP contribution >= 0.6 is 0 Å². The fourth-order valence-electron chi connectivity index (χ4n) is 1.61. The monoisotopic (exact) mass is 318 g/mol. The molecule has 112 valence electrons. The zero-order chi connectivity index (χ0) is 15.5. The smallest absolute Gasteiger partial charge is 0.406 e. The maximum absolute atomic E-state index is 12.8. The third-order valence-electron chi connectivity index (χ3n) is 2.53. The van der Waals surface area contributed by atoms with Crippen molar-refractivity contribution in [2.24, 2.45) is 0 Å². The summed E-state index contributed by atoms with van der Waals surface area (Å²) in [5, 5.41) is 0. The fourth-order valence-corrected chi connectivity index (χ4v) is 2.71. The van der Waals surface area contributed by atoms with Gasteiger partial charge in [0.05, 0.1) is 16.6 Å². The van der Waals surface area contributed by atoms with Gasteiger partial charge in [-0.2, -0.15) is 0 Å². The van der Waals surface area contributed by atoms with Crippen molar-refractivity contribution in [3.05, 3.63) is 59.9 Å². The topological polar surface area (TPSA) is 26.3 Å². The molecule has 0 aliphatic rings. The number of ether oxygens (including phenoxy) is 1. The molecular formula is C14H10F4O2S. The average molecular weight is 318 g/mol. The quantitative estimate of drug-likeness (QED) is 0.796. The van der Waals surface area contributed by atoms with Gasteiger partial charge < -0.3 is 4.74 Å². The molecular weight excluding hydrogens is 308 g/mol. The van der Waals surface area contributed by atoms with Crippen molar-refractivity contribution in [2.45, 2.75) is 17.0 Å². The number of halogens is 4. The van der Waals surface area contributed by atoms with Gasteiger partial charge in [-0.15, -0.1) is 13.2 Å². The molecule has 0 amide bonds. The van der Waals surface area contributed by atoms with Gasteiger partial charge in [0.15, 0.2) is 0 Å². The van der Waals surface area contributed by atoms with Crippen LogP contribution in [0.1, 0.15) is 5.56 Å². The summed E-state index contributed by atoms with van der Waals surface area (Å²) >= 11 is 0. The summed E-state index contributed by atoms with van der Waals surface area (Å²) in [6.45, 7) is 0. The van der Waals surface area contributed by atoms with Gasteiger partial charge in [-0.25, -0.2) is 4.39 Å². The van der Waals surface area contributed by atoms with Crippen LogP contribution in [0.2, 0.25) is 0 Å². The molecule has 2 aromatic carbocycles. The van der Waals surface area contributed by atoms with Crippen LogP contribution in [0.15, 0.2) is 53.4 Å². The lowest BCUT2D eigenvalue weighted by Crippen LogP contribution is -2.17. The first kappa shape index (κ1) is 15.5. The number of benzene rings is 2. The van der Waals surface area contributed by atoms with Crippen LogP contribution in [0.3, 0.4) is 0 Å². The summed E-state index contributed by atoms with van der Waals surface area (Å²) in [5.41, 5.74) is 0.590. The van der Waals surface area contributed by atoms with Crippen molar-refractivity contribution in [3.8, 4) is 5.75 Å². The molecule has 0 aromatic heterocycles. The Hall–Kier alpha value is -1.89. The first-order chi connectivity index (χ1) is 9.83. The van der Waals surface area contributed by atoms with E-state index in [1.165, 1.54) is 36.4 Å². The summed E-state index contributed by atoms with van der Waals surface area (Å²) < 4.78 is 64.5. The number of hydrogen-bond acceptors (Lipinski definition) is 2. The van der Waals surface area contributed by atoms with Crippen molar-refractivity contribution in [1.82, 2.24) is 0 Å². The molecule has 0 radical (unpaired) electrons. The van der Waals surface area contributed by atoms with Crippen molar-refractivity contribution >= 4 is 10.8 Å². The maximum atomic E-state index is 12.8. The van der Waals surface area contributed by atoms with Crippen LogP contribution < -0.4 is 4.74 Å². The van der Waals surface area contributed by atoms with Crippen LogP contribution in [0, 0.1) is 5.82 Å². The maximum Gasteiger partial charge on any atom is 0.573 e. The van der Waals surface area contributed by atoms with Gasteiger partial charge in [0.25, 0.3) is 0 Å². The summed E-state index contributed by atoms with van der Waals surface area (Å²) in [5.74, 6) is -0.638. The molecule has 0 N–H and O–H groups in total. The van der Waals surface area contributed by atoms with Crippen LogP contribution in [0.25, 0.3) is 0 Å². The van der Waals surface area contributed by atoms with Gasteiger partial charge in [0.1, 0.15) is 11.6 Å². The molecule has 0 heterocycles. The van der Waals surface area contributed by atoms with Gasteiger partial charge in [-0.3, -0.25) is 4.21 Å². The third kappa shape index (κ3) is 4.86. The summed E-state index contributed by atoms with van der Waals surface area (Å²) in [4.78, 5) is 0.451. The lowest BCUT2D eigenvalue weighted by atomic mass is 10.2. The molecule has 0 saturated carbocycles. The molecule has 0 bridgehead atoms. The van der Waals surface area contributed by atoms with E-state index in [1.807, 2.05) is 0 Å². The standard InChI is InChI=1S/C14H10F4O2S/c15-11-3-7-13(8-4-11)21(19)9-10-1-5-12(6-2-10)20-14(16,17)18/h1-8H,9H2. The Labute approximate surface area is 120 Å². The lowest BCUT2D eigenvalue weighted by molar-refractivity contribution is -0.274. The zero-order valence-corrected chi connectivity index (χ0v) is 11.4. The highest BCUT2D eigenvalue weighted by atomic mass is 32.2. The van der Waals surface area contributed by atoms with Gasteiger partial charge in [-0.1, -0.05) is 12.1 Å². The van der Waals surface area contributed by atoms with E-state index in [1.54, 1.807) is 0 Å². The molecule has 2 nitrogen and oxygen atoms in total. The Balaban J connectivity index is 2.03. The van der Waals surface area contributed by atoms with Crippen LogP contribution in [-0.4, -0.2) is 10.6 Å². The molecule has 1 atom stereocenters. The van der Waals surface area contributed by atoms with Crippen molar-refractivity contribution < 1.29 is 26.5 Å². The second kappa shape index (κ2) is 6.26. The average Bonchev–Trinajstić information content (AvgIpc) is 2.40. The molecule has 0 aliphatic carbocycles. The minimum atomic E-state index is -4.74. The SMILES string of the molecule is O=S(Cc1ccc(OC(F)(F)F)cc1)c1ccc(F)cc1. The Morgan fingerprint density at radius 2 is 1.52 bits per heavy atom. The van der Waals surface area contributed by atoms with E-state index in [4.69, 9.17) is 0 Å². The van der Waals surface area contributed by atoms with Crippen molar-refractivity contribution in [2.75, 3.05) is 0 Å². The second-order valence-corrected chi connectivity index (χ2v) is 5.59. The molecule has 0 aliphatic heterocycles. The predicted octanol–water partition coefficient (Wildman–Crippen LogP) is 4.03. The normalized spacial score (nSPS) is 13.0. The Bertz CT molecular complexity index is 621. The molecule has 2 rings (SSSR count). The lowest BCUT2D eigenvalue weighted by Gasteiger charge is -2.09. The molecule has 7 heteroatoms. The largest absolute Gasteiger partial charge is 0.573 e. The van der Waals surface area contributed by atoms with Gasteiger partial charge >= 0.3 is 6.36 Å². The minimum absolute atomic E-state index is 0.123. The highest BCUT2D eigenvalue weighted by molar-refractivity contribution is 7.84. The third-order valence-corrected chi connectivity index (χ3v) is 3.92. The Kier molecular flexibility index (Phi) is 4.62. The zero-order valence-electron chi connectivity index (χ0n) is 10.6. The molecule has 0 saturated heterocycles. The Morgan fingerprint density at radius 1 is 0.952 bits per heavy atom. The van der Waals surface area contributed by atoms with Gasteiger partial charge in [0.2, 0.25) is 0 Å². The van der Waals surface area contributed by atoms with E-state index in [9.17, 15) is 21.8 Å². The predicted molar refractivity (Wildman–Crippen MR) is 69.6 cm³/mol. The van der Waals surface area contributed by atoms with E-state index >= 15 is 0 Å². The highest BCUT2D eigenvalue weighted by Crippen LogP contribution is 2.23. The molecule has 2 aromatic rings. The van der Waals surface area contributed by atoms with Crippen LogP contribution in [0.4, 0.5) is 17.6 Å². The molecule has 1 unspecified atom stereocenters. The highest BCUT2D eigenvalue weighted by Gasteiger charge is 2.30. The van der Waals surface area contributed by atoms with Crippen LogP contribution in [-0.2, 0) is 16.6 Å². The first-order valence-corrected chi connectivity index (χ1v) is 7.14. The number of hydrogen-bond donors (Lipinski definition) is 0. The fraction of sp³-hybridized carbons (Fsp3) is 0.143. The first-order valence-electron chi connectivity index (χ1n) is 5.82. The van der Waals surface area contributed by atoms with Crippen LogP contribution in [0.5, 0.6) is 5.75 Å². The van der Waals surface area contributed by atoms with E-state index in [2.05, 4.69) is 4.74 Å². The van der Waals surface area contributed by atoms with Crippen molar-refractivity contribution in [1.29, 1.82) is 0 Å². The minimum Gasteiger partial charge on any atom is -0.406 e. The van der Waals surface area contributed by atoms with E-state index in [0.717, 1.165) is 12.1 Å². The second-order valence-electron chi connectivity index (χ2n) is 4.14. The summed E-state index contributed by atoms with van der Waals surface area (Å²) in [7, 11) is -1.40. The molecule has 21 heavy (non-hydrogen) atoms. The van der Waals surface area contributed by atoms with Crippen molar-refractivity contribution in [3.63, 3.8) is 0 Å². The summed E-state index contributed by atoms with van der Waals surface area (Å²) in [6, 6.07) is 10.3. The number of alkyl halides is 3. The van der Waals surface area contributed by atoms with E-state index in [-0.39, 0.29) is 11.5 Å². The Morgan fingerprint density at radius 3 is 2.05 bits per heavy atom. The molecule has 0 spiro atoms. The molecule has 0 fully saturated rings. The van der Waals surface area contributed by atoms with E-state index in [0.29, 0.717) is 10.5 Å². The summed E-state index contributed by atoms with van der Waals surface area (Å²) in [6.07, 6.45) is -4.74. The van der Waals surface area contributed by atoms with E-state index < -0.39 is 23.0 Å². The van der Waals surface area contributed by atoms with Gasteiger partial charge in [-0.05, 0) is 42.0 Å². The number of rotatable bonds is 4. The van der Waals surface area contributed by atoms with Gasteiger partial charge in [0, 0.05) is 4.90 Å².